The van der Waals surface area contributed by atoms with Crippen LogP contribution in [0.3, 0.4) is 0 Å². The van der Waals surface area contributed by atoms with Gasteiger partial charge in [0.1, 0.15) is 0 Å². The van der Waals surface area contributed by atoms with Gasteiger partial charge in [-0.3, -0.25) is 0 Å². The summed E-state index contributed by atoms with van der Waals surface area (Å²) in [5.74, 6) is 0.787. The summed E-state index contributed by atoms with van der Waals surface area (Å²) < 4.78 is 1.68. The van der Waals surface area contributed by atoms with E-state index in [1.165, 1.54) is 32.5 Å². The molecule has 108 valence electrons. The number of aromatic nitrogens is 3. The number of nitrogens with one attached hydrogen (secondary N) is 1. The molecule has 1 aromatic heterocycles. The lowest BCUT2D eigenvalue weighted by molar-refractivity contribution is 0.190. The second kappa shape index (κ2) is 7.57. The molecule has 0 atom stereocenters. The van der Waals surface area contributed by atoms with Crippen molar-refractivity contribution in [3.05, 3.63) is 11.9 Å². The van der Waals surface area contributed by atoms with Gasteiger partial charge in [0.2, 0.25) is 0 Å². The average Bonchev–Trinajstić information content (AvgIpc) is 2.88. The highest BCUT2D eigenvalue weighted by Gasteiger charge is 2.17. The predicted octanol–water partition coefficient (Wildman–Crippen LogP) is 0.0919. The highest BCUT2D eigenvalue weighted by Crippen LogP contribution is 2.15. The predicted molar refractivity (Wildman–Crippen MR) is 73.7 cm³/mol. The first-order chi connectivity index (χ1) is 9.31. The Bertz CT molecular complexity index is 360. The Hall–Kier alpha value is -0.980. The topological polar surface area (TPSA) is 66.2 Å². The fraction of sp³-hybridized carbons (Fsp3) is 0.846. The Morgan fingerprint density at radius 3 is 2.89 bits per heavy atom. The van der Waals surface area contributed by atoms with Crippen LogP contribution in [0.2, 0.25) is 0 Å². The lowest BCUT2D eigenvalue weighted by Gasteiger charge is -2.31. The van der Waals surface area contributed by atoms with Crippen LogP contribution >= 0.6 is 0 Å². The molecule has 0 radical (unpaired) electrons. The van der Waals surface area contributed by atoms with Crippen LogP contribution in [0.5, 0.6) is 0 Å². The lowest BCUT2D eigenvalue weighted by Crippen LogP contribution is -2.37. The third-order valence-corrected chi connectivity index (χ3v) is 3.81. The number of piperidine rings is 1. The standard InChI is InChI=1S/C13H25N5O/c1-2-17-5-3-12(4-6-17)9-14-10-13-11-18(7-8-19)16-15-13/h11-12,14,19H,2-10H2,1H3. The maximum Gasteiger partial charge on any atom is 0.0964 e. The van der Waals surface area contributed by atoms with Crippen LogP contribution in [0.1, 0.15) is 25.5 Å². The van der Waals surface area contributed by atoms with Crippen LogP contribution in [-0.4, -0.2) is 57.8 Å². The highest BCUT2D eigenvalue weighted by molar-refractivity contribution is 4.91. The molecule has 2 N–H and O–H groups in total. The quantitative estimate of drug-likeness (QED) is 0.733. The summed E-state index contributed by atoms with van der Waals surface area (Å²) >= 11 is 0. The minimum Gasteiger partial charge on any atom is -0.394 e. The van der Waals surface area contributed by atoms with Crippen LogP contribution in [0, 0.1) is 5.92 Å². The smallest absolute Gasteiger partial charge is 0.0964 e. The van der Waals surface area contributed by atoms with Crippen LogP contribution in [0.15, 0.2) is 6.20 Å². The maximum atomic E-state index is 8.81. The van der Waals surface area contributed by atoms with Crippen LogP contribution in [-0.2, 0) is 13.1 Å². The molecule has 1 aromatic rings. The molecule has 0 amide bonds. The van der Waals surface area contributed by atoms with E-state index in [1.807, 2.05) is 6.20 Å². The molecule has 6 heteroatoms. The second-order valence-electron chi connectivity index (χ2n) is 5.21. The van der Waals surface area contributed by atoms with Gasteiger partial charge in [-0.05, 0) is 44.9 Å². The molecule has 2 rings (SSSR count). The summed E-state index contributed by atoms with van der Waals surface area (Å²) in [5, 5.41) is 20.3. The van der Waals surface area contributed by atoms with Gasteiger partial charge in [0.05, 0.1) is 18.8 Å². The Morgan fingerprint density at radius 1 is 1.42 bits per heavy atom. The van der Waals surface area contributed by atoms with Crippen molar-refractivity contribution in [1.29, 1.82) is 0 Å². The van der Waals surface area contributed by atoms with Crippen molar-refractivity contribution >= 4 is 0 Å². The molecule has 0 aromatic carbocycles. The van der Waals surface area contributed by atoms with Crippen LogP contribution in [0.4, 0.5) is 0 Å². The van der Waals surface area contributed by atoms with E-state index < -0.39 is 0 Å². The molecule has 1 aliphatic heterocycles. The summed E-state index contributed by atoms with van der Waals surface area (Å²) in [6.45, 7) is 8.31. The van der Waals surface area contributed by atoms with E-state index in [0.717, 1.165) is 24.7 Å². The third-order valence-electron chi connectivity index (χ3n) is 3.81. The van der Waals surface area contributed by atoms with Gasteiger partial charge >= 0.3 is 0 Å². The first-order valence-corrected chi connectivity index (χ1v) is 7.24. The molecule has 0 saturated carbocycles. The molecule has 19 heavy (non-hydrogen) atoms. The Morgan fingerprint density at radius 2 is 2.21 bits per heavy atom. The van der Waals surface area contributed by atoms with E-state index in [1.54, 1.807) is 4.68 Å². The second-order valence-corrected chi connectivity index (χ2v) is 5.21. The molecule has 0 bridgehead atoms. The van der Waals surface area contributed by atoms with Crippen molar-refractivity contribution in [2.75, 3.05) is 32.8 Å². The highest BCUT2D eigenvalue weighted by atomic mass is 16.3. The van der Waals surface area contributed by atoms with Gasteiger partial charge in [0, 0.05) is 12.7 Å². The molecular formula is C13H25N5O. The Labute approximate surface area is 114 Å². The fourth-order valence-electron chi connectivity index (χ4n) is 2.54. The van der Waals surface area contributed by atoms with Crippen molar-refractivity contribution in [2.24, 2.45) is 5.92 Å². The lowest BCUT2D eigenvalue weighted by atomic mass is 9.97. The minimum absolute atomic E-state index is 0.103. The number of aliphatic hydroxyl groups is 1. The minimum atomic E-state index is 0.103. The van der Waals surface area contributed by atoms with E-state index in [2.05, 4.69) is 27.5 Å². The first kappa shape index (κ1) is 14.4. The molecule has 6 nitrogen and oxygen atoms in total. The molecule has 0 aliphatic carbocycles. The number of nitrogens with zero attached hydrogens (tertiary/aromatic N) is 4. The van der Waals surface area contributed by atoms with E-state index >= 15 is 0 Å². The summed E-state index contributed by atoms with van der Waals surface area (Å²) in [6.07, 6.45) is 4.47. The van der Waals surface area contributed by atoms with Crippen molar-refractivity contribution < 1.29 is 5.11 Å². The number of rotatable bonds is 7. The molecule has 2 heterocycles. The van der Waals surface area contributed by atoms with Crippen molar-refractivity contribution in [1.82, 2.24) is 25.2 Å². The van der Waals surface area contributed by atoms with Gasteiger partial charge in [0.15, 0.2) is 0 Å². The van der Waals surface area contributed by atoms with Crippen LogP contribution < -0.4 is 5.32 Å². The molecule has 1 aliphatic rings. The number of hydrogen-bond acceptors (Lipinski definition) is 5. The summed E-state index contributed by atoms with van der Waals surface area (Å²) in [5.41, 5.74) is 0.944. The Balaban J connectivity index is 1.63. The molecule has 1 fully saturated rings. The first-order valence-electron chi connectivity index (χ1n) is 7.24. The maximum absolute atomic E-state index is 8.81. The van der Waals surface area contributed by atoms with Gasteiger partial charge in [-0.2, -0.15) is 0 Å². The van der Waals surface area contributed by atoms with Gasteiger partial charge in [0.25, 0.3) is 0 Å². The zero-order valence-corrected chi connectivity index (χ0v) is 11.8. The molecule has 0 spiro atoms. The zero-order chi connectivity index (χ0) is 13.5. The number of aliphatic hydroxyl groups excluding tert-OH is 1. The molecule has 0 unspecified atom stereocenters. The summed E-state index contributed by atoms with van der Waals surface area (Å²) in [4.78, 5) is 2.51. The monoisotopic (exact) mass is 267 g/mol. The van der Waals surface area contributed by atoms with Gasteiger partial charge in [-0.15, -0.1) is 5.10 Å². The molecular weight excluding hydrogens is 242 g/mol. The zero-order valence-electron chi connectivity index (χ0n) is 11.8. The van der Waals surface area contributed by atoms with Crippen molar-refractivity contribution in [3.63, 3.8) is 0 Å². The van der Waals surface area contributed by atoms with E-state index in [9.17, 15) is 0 Å². The number of hydrogen-bond donors (Lipinski definition) is 2. The van der Waals surface area contributed by atoms with Crippen LogP contribution in [0.25, 0.3) is 0 Å². The van der Waals surface area contributed by atoms with Crippen molar-refractivity contribution in [2.45, 2.75) is 32.9 Å². The fourth-order valence-corrected chi connectivity index (χ4v) is 2.54. The molecule has 1 saturated heterocycles. The van der Waals surface area contributed by atoms with E-state index in [4.69, 9.17) is 5.11 Å². The van der Waals surface area contributed by atoms with E-state index in [-0.39, 0.29) is 6.61 Å². The largest absolute Gasteiger partial charge is 0.394 e. The van der Waals surface area contributed by atoms with Gasteiger partial charge in [-0.1, -0.05) is 12.1 Å². The SMILES string of the molecule is CCN1CCC(CNCc2cn(CCO)nn2)CC1. The summed E-state index contributed by atoms with van der Waals surface area (Å²) in [7, 11) is 0. The van der Waals surface area contributed by atoms with Gasteiger partial charge < -0.3 is 15.3 Å². The average molecular weight is 267 g/mol. The summed E-state index contributed by atoms with van der Waals surface area (Å²) in [6, 6.07) is 0. The Kier molecular flexibility index (Phi) is 5.75. The normalized spacial score (nSPS) is 18.0. The van der Waals surface area contributed by atoms with Crippen molar-refractivity contribution in [3.8, 4) is 0 Å². The van der Waals surface area contributed by atoms with E-state index in [0.29, 0.717) is 6.54 Å². The third kappa shape index (κ3) is 4.56. The van der Waals surface area contributed by atoms with Gasteiger partial charge in [-0.25, -0.2) is 4.68 Å². The number of likely N-dealkylation sites (tertiary alicyclic amines) is 1.